The van der Waals surface area contributed by atoms with Gasteiger partial charge < -0.3 is 30.7 Å². The van der Waals surface area contributed by atoms with Crippen molar-refractivity contribution < 1.29 is 38.2 Å². The van der Waals surface area contributed by atoms with E-state index in [2.05, 4.69) is 21.3 Å². The van der Waals surface area contributed by atoms with Gasteiger partial charge in [0.1, 0.15) is 6.04 Å². The summed E-state index contributed by atoms with van der Waals surface area (Å²) in [6.45, 7) is 4.32. The molecule has 13 nitrogen and oxygen atoms in total. The lowest BCUT2D eigenvalue weighted by atomic mass is 10.1. The Morgan fingerprint density at radius 2 is 1.61 bits per heavy atom. The third kappa shape index (κ3) is 11.4. The number of nitrogens with zero attached hydrogens (tertiary/aromatic N) is 1. The van der Waals surface area contributed by atoms with E-state index in [0.717, 1.165) is 4.90 Å². The fourth-order valence-corrected chi connectivity index (χ4v) is 3.59. The number of rotatable bonds is 16. The van der Waals surface area contributed by atoms with E-state index in [4.69, 9.17) is 9.47 Å². The summed E-state index contributed by atoms with van der Waals surface area (Å²) in [7, 11) is 0. The molecule has 6 amide bonds. The molecular formula is C22H35N5O8S. The lowest BCUT2D eigenvalue weighted by Crippen LogP contribution is -2.48. The van der Waals surface area contributed by atoms with Crippen molar-refractivity contribution in [2.75, 3.05) is 45.6 Å². The molecule has 0 aromatic rings. The second-order valence-electron chi connectivity index (χ2n) is 7.46. The summed E-state index contributed by atoms with van der Waals surface area (Å²) in [5, 5.41) is 10.3. The van der Waals surface area contributed by atoms with Crippen LogP contribution in [0.5, 0.6) is 0 Å². The first kappa shape index (κ1) is 30.7. The van der Waals surface area contributed by atoms with E-state index in [9.17, 15) is 28.8 Å². The van der Waals surface area contributed by atoms with Crippen molar-refractivity contribution in [1.29, 1.82) is 0 Å². The number of amides is 6. The Labute approximate surface area is 214 Å². The molecule has 0 spiro atoms. The Hall–Kier alpha value is -3.29. The van der Waals surface area contributed by atoms with E-state index in [1.165, 1.54) is 17.8 Å². The number of imide groups is 1. The van der Waals surface area contributed by atoms with Gasteiger partial charge in [-0.3, -0.25) is 24.1 Å². The standard InChI is InChI=1S/C22H35N5O8S/c1-4-34-21(32)25-10-7-6-8-15(26-22(33)35-5-2)19(30)24-12-11-23-17(28)9-13-27-18(29)14-16(36-3)20(27)31/h14-15H,4-13H2,1-3H3,(H,23,28)(H,24,30)(H,25,32)(H,26,33). The van der Waals surface area contributed by atoms with Gasteiger partial charge in [0.2, 0.25) is 11.8 Å². The fraction of sp³-hybridized carbons (Fsp3) is 0.636. The van der Waals surface area contributed by atoms with Gasteiger partial charge in [0, 0.05) is 38.7 Å². The molecule has 36 heavy (non-hydrogen) atoms. The molecule has 0 radical (unpaired) electrons. The molecule has 1 aliphatic rings. The molecule has 1 atom stereocenters. The minimum atomic E-state index is -0.854. The minimum absolute atomic E-state index is 0.0347. The van der Waals surface area contributed by atoms with Crippen molar-refractivity contribution in [2.24, 2.45) is 0 Å². The molecule has 1 heterocycles. The molecule has 0 aromatic carbocycles. The van der Waals surface area contributed by atoms with E-state index in [0.29, 0.717) is 30.7 Å². The molecule has 1 aliphatic heterocycles. The van der Waals surface area contributed by atoms with Gasteiger partial charge in [-0.25, -0.2) is 9.59 Å². The van der Waals surface area contributed by atoms with Crippen molar-refractivity contribution in [1.82, 2.24) is 26.2 Å². The molecule has 14 heteroatoms. The van der Waals surface area contributed by atoms with Crippen LogP contribution in [0.3, 0.4) is 0 Å². The first-order valence-electron chi connectivity index (χ1n) is 11.7. The van der Waals surface area contributed by atoms with Gasteiger partial charge in [0.25, 0.3) is 11.8 Å². The van der Waals surface area contributed by atoms with Crippen LogP contribution < -0.4 is 21.3 Å². The summed E-state index contributed by atoms with van der Waals surface area (Å²) < 4.78 is 9.61. The molecule has 0 saturated heterocycles. The molecule has 0 bridgehead atoms. The van der Waals surface area contributed by atoms with Crippen LogP contribution in [0.25, 0.3) is 0 Å². The average molecular weight is 530 g/mol. The van der Waals surface area contributed by atoms with Crippen molar-refractivity contribution in [3.63, 3.8) is 0 Å². The van der Waals surface area contributed by atoms with E-state index < -0.39 is 35.9 Å². The predicted molar refractivity (Wildman–Crippen MR) is 132 cm³/mol. The fourth-order valence-electron chi connectivity index (χ4n) is 3.09. The van der Waals surface area contributed by atoms with E-state index >= 15 is 0 Å². The van der Waals surface area contributed by atoms with Gasteiger partial charge in [0.05, 0.1) is 18.1 Å². The molecule has 0 aliphatic carbocycles. The highest BCUT2D eigenvalue weighted by atomic mass is 32.2. The Morgan fingerprint density at radius 3 is 2.25 bits per heavy atom. The second kappa shape index (κ2) is 17.2. The number of thioether (sulfide) groups is 1. The van der Waals surface area contributed by atoms with Crippen LogP contribution in [0, 0.1) is 0 Å². The third-order valence-electron chi connectivity index (χ3n) is 4.85. The van der Waals surface area contributed by atoms with Crippen LogP contribution in [-0.4, -0.2) is 92.4 Å². The smallest absolute Gasteiger partial charge is 0.407 e. The van der Waals surface area contributed by atoms with Crippen molar-refractivity contribution in [3.05, 3.63) is 11.0 Å². The molecule has 4 N–H and O–H groups in total. The normalized spacial score (nSPS) is 13.5. The number of nitrogens with one attached hydrogen (secondary N) is 4. The van der Waals surface area contributed by atoms with Crippen molar-refractivity contribution >= 4 is 47.6 Å². The maximum Gasteiger partial charge on any atom is 0.407 e. The summed E-state index contributed by atoms with van der Waals surface area (Å²) in [6, 6.07) is -0.854. The quantitative estimate of drug-likeness (QED) is 0.162. The zero-order valence-electron chi connectivity index (χ0n) is 20.8. The largest absolute Gasteiger partial charge is 0.450 e. The Bertz CT molecular complexity index is 835. The van der Waals surface area contributed by atoms with Crippen molar-refractivity contribution in [3.8, 4) is 0 Å². The highest BCUT2D eigenvalue weighted by Crippen LogP contribution is 2.21. The lowest BCUT2D eigenvalue weighted by Gasteiger charge is -2.18. The zero-order valence-corrected chi connectivity index (χ0v) is 21.7. The monoisotopic (exact) mass is 529 g/mol. The molecule has 0 fully saturated rings. The Morgan fingerprint density at radius 1 is 0.944 bits per heavy atom. The van der Waals surface area contributed by atoms with Crippen LogP contribution >= 0.6 is 11.8 Å². The maximum absolute atomic E-state index is 12.5. The predicted octanol–water partition coefficient (Wildman–Crippen LogP) is 0.256. The van der Waals surface area contributed by atoms with Gasteiger partial charge >= 0.3 is 12.2 Å². The molecule has 1 rings (SSSR count). The average Bonchev–Trinajstić information content (AvgIpc) is 3.11. The molecular weight excluding hydrogens is 494 g/mol. The second-order valence-corrected chi connectivity index (χ2v) is 8.31. The van der Waals surface area contributed by atoms with Gasteiger partial charge in [-0.1, -0.05) is 0 Å². The van der Waals surface area contributed by atoms with Crippen LogP contribution in [0.15, 0.2) is 11.0 Å². The topological polar surface area (TPSA) is 172 Å². The maximum atomic E-state index is 12.5. The Balaban J connectivity index is 2.36. The van der Waals surface area contributed by atoms with Gasteiger partial charge in [0.15, 0.2) is 0 Å². The summed E-state index contributed by atoms with van der Waals surface area (Å²) in [5.41, 5.74) is 0. The summed E-state index contributed by atoms with van der Waals surface area (Å²) in [4.78, 5) is 72.9. The van der Waals surface area contributed by atoms with Gasteiger partial charge in [-0.15, -0.1) is 11.8 Å². The minimum Gasteiger partial charge on any atom is -0.450 e. The zero-order chi connectivity index (χ0) is 26.9. The number of ether oxygens (including phenoxy) is 2. The molecule has 0 saturated carbocycles. The Kier molecular flexibility index (Phi) is 14.7. The van der Waals surface area contributed by atoms with E-state index in [1.54, 1.807) is 20.1 Å². The first-order valence-corrected chi connectivity index (χ1v) is 13.0. The van der Waals surface area contributed by atoms with Crippen LogP contribution in [-0.2, 0) is 28.7 Å². The number of alkyl carbamates (subject to hydrolysis) is 2. The number of hydrogen-bond donors (Lipinski definition) is 4. The molecule has 0 aromatic heterocycles. The van der Waals surface area contributed by atoms with Gasteiger partial charge in [-0.05, 0) is 39.4 Å². The lowest BCUT2D eigenvalue weighted by molar-refractivity contribution is -0.137. The highest BCUT2D eigenvalue weighted by molar-refractivity contribution is 8.03. The number of hydrogen-bond acceptors (Lipinski definition) is 9. The van der Waals surface area contributed by atoms with E-state index in [1.807, 2.05) is 0 Å². The van der Waals surface area contributed by atoms with Crippen LogP contribution in [0.2, 0.25) is 0 Å². The summed E-state index contributed by atoms with van der Waals surface area (Å²) in [5.74, 6) is -1.68. The number of carbonyl (C=O) groups excluding carboxylic acids is 6. The SMILES string of the molecule is CCOC(=O)NCCCCC(NC(=O)OCC)C(=O)NCCNC(=O)CCN1C(=O)C=C(SC)C1=O. The van der Waals surface area contributed by atoms with Crippen molar-refractivity contribution in [2.45, 2.75) is 45.6 Å². The van der Waals surface area contributed by atoms with Gasteiger partial charge in [-0.2, -0.15) is 0 Å². The summed E-state index contributed by atoms with van der Waals surface area (Å²) >= 11 is 1.17. The highest BCUT2D eigenvalue weighted by Gasteiger charge is 2.30. The van der Waals surface area contributed by atoms with Crippen LogP contribution in [0.1, 0.15) is 39.5 Å². The number of unbranched alkanes of at least 4 members (excludes halogenated alkanes) is 1. The molecule has 1 unspecified atom stereocenters. The molecule has 202 valence electrons. The summed E-state index contributed by atoms with van der Waals surface area (Å²) in [6.07, 6.45) is 3.06. The third-order valence-corrected chi connectivity index (χ3v) is 5.59. The number of carbonyl (C=O) groups is 6. The van der Waals surface area contributed by atoms with E-state index in [-0.39, 0.29) is 45.2 Å². The first-order chi connectivity index (χ1) is 17.2. The van der Waals surface area contributed by atoms with Crippen LogP contribution in [0.4, 0.5) is 9.59 Å².